The van der Waals surface area contributed by atoms with Gasteiger partial charge in [-0.1, -0.05) is 30.3 Å². The van der Waals surface area contributed by atoms with Crippen molar-refractivity contribution < 1.29 is 13.9 Å². The largest absolute Gasteiger partial charge is 0.472 e. The fraction of sp³-hybridized carbons (Fsp3) is 0.286. The molecule has 0 radical (unpaired) electrons. The van der Waals surface area contributed by atoms with E-state index in [1.165, 1.54) is 12.2 Å². The summed E-state index contributed by atoms with van der Waals surface area (Å²) >= 11 is 0. The Morgan fingerprint density at radius 3 is 2.93 bits per heavy atom. The Labute approximate surface area is 162 Å². The van der Waals surface area contributed by atoms with Gasteiger partial charge in [0.1, 0.15) is 12.4 Å². The Morgan fingerprint density at radius 1 is 1.32 bits per heavy atom. The monoisotopic (exact) mass is 378 g/mol. The van der Waals surface area contributed by atoms with Crippen molar-refractivity contribution in [1.82, 2.24) is 14.7 Å². The maximum absolute atomic E-state index is 13.7. The van der Waals surface area contributed by atoms with Gasteiger partial charge in [0, 0.05) is 18.2 Å². The predicted molar refractivity (Wildman–Crippen MR) is 99.4 cm³/mol. The van der Waals surface area contributed by atoms with E-state index in [-0.39, 0.29) is 17.9 Å². The zero-order valence-electron chi connectivity index (χ0n) is 15.2. The first kappa shape index (κ1) is 18.0. The number of hydrogen-bond donors (Lipinski definition) is 0. The number of ether oxygens (including phenoxy) is 1. The molecule has 1 unspecified atom stereocenters. The van der Waals surface area contributed by atoms with Gasteiger partial charge in [-0.15, -0.1) is 5.10 Å². The standard InChI is InChI=1S/C21H19FN4O2/c22-18-9-16(12-23)8-17(10-18)21(27)25-6-7-26-19(13-25)11-20(24-26)28-14-15-4-2-1-3-5-15/h1-5,9-11,17H,6-8,13-14H2. The average Bonchev–Trinajstić information content (AvgIpc) is 3.14. The number of nitriles is 1. The van der Waals surface area contributed by atoms with Crippen LogP contribution in [0.25, 0.3) is 0 Å². The number of halogens is 1. The summed E-state index contributed by atoms with van der Waals surface area (Å²) in [5, 5.41) is 13.5. The molecule has 2 heterocycles. The van der Waals surface area contributed by atoms with E-state index < -0.39 is 11.7 Å². The van der Waals surface area contributed by atoms with Crippen molar-refractivity contribution in [3.8, 4) is 11.9 Å². The van der Waals surface area contributed by atoms with E-state index in [4.69, 9.17) is 10.00 Å². The summed E-state index contributed by atoms with van der Waals surface area (Å²) in [6, 6.07) is 13.6. The first-order chi connectivity index (χ1) is 13.6. The number of carbonyl (C=O) groups is 1. The van der Waals surface area contributed by atoms with E-state index in [1.807, 2.05) is 47.1 Å². The van der Waals surface area contributed by atoms with Crippen LogP contribution in [0.5, 0.6) is 5.88 Å². The highest BCUT2D eigenvalue weighted by Crippen LogP contribution is 2.27. The maximum atomic E-state index is 13.7. The molecule has 0 saturated carbocycles. The van der Waals surface area contributed by atoms with Crippen LogP contribution in [0.15, 0.2) is 60.0 Å². The maximum Gasteiger partial charge on any atom is 0.233 e. The van der Waals surface area contributed by atoms with Crippen LogP contribution >= 0.6 is 0 Å². The first-order valence-electron chi connectivity index (χ1n) is 9.12. The van der Waals surface area contributed by atoms with Gasteiger partial charge in [0.05, 0.1) is 30.8 Å². The van der Waals surface area contributed by atoms with Gasteiger partial charge < -0.3 is 9.64 Å². The van der Waals surface area contributed by atoms with E-state index in [0.717, 1.165) is 11.3 Å². The Kier molecular flexibility index (Phi) is 4.94. The Balaban J connectivity index is 1.41. The van der Waals surface area contributed by atoms with Crippen LogP contribution in [0.1, 0.15) is 17.7 Å². The summed E-state index contributed by atoms with van der Waals surface area (Å²) < 4.78 is 21.3. The van der Waals surface area contributed by atoms with Crippen LogP contribution in [0, 0.1) is 17.2 Å². The highest BCUT2D eigenvalue weighted by atomic mass is 19.1. The molecular weight excluding hydrogens is 359 g/mol. The summed E-state index contributed by atoms with van der Waals surface area (Å²) in [4.78, 5) is 14.5. The van der Waals surface area contributed by atoms with Crippen LogP contribution in [0.3, 0.4) is 0 Å². The quantitative estimate of drug-likeness (QED) is 0.820. The SMILES string of the molecule is N#CC1=CC(F)=CC(C(=O)N2CCn3nc(OCc4ccccc4)cc3C2)C1. The number of amides is 1. The van der Waals surface area contributed by atoms with E-state index in [0.29, 0.717) is 32.1 Å². The minimum absolute atomic E-state index is 0.171. The van der Waals surface area contributed by atoms with Gasteiger partial charge in [0.15, 0.2) is 0 Å². The second-order valence-corrected chi connectivity index (χ2v) is 6.87. The number of hydrogen-bond acceptors (Lipinski definition) is 4. The molecule has 1 aromatic carbocycles. The van der Waals surface area contributed by atoms with Crippen molar-refractivity contribution >= 4 is 5.91 Å². The van der Waals surface area contributed by atoms with E-state index in [9.17, 15) is 9.18 Å². The Bertz CT molecular complexity index is 988. The number of benzene rings is 1. The number of fused-ring (bicyclic) bond motifs is 1. The lowest BCUT2D eigenvalue weighted by molar-refractivity contribution is -0.135. The molecule has 4 rings (SSSR count). The smallest absolute Gasteiger partial charge is 0.233 e. The predicted octanol–water partition coefficient (Wildman–Crippen LogP) is 3.13. The fourth-order valence-corrected chi connectivity index (χ4v) is 3.46. The normalized spacial score (nSPS) is 18.6. The molecule has 142 valence electrons. The van der Waals surface area contributed by atoms with Crippen molar-refractivity contribution in [3.63, 3.8) is 0 Å². The van der Waals surface area contributed by atoms with Gasteiger partial charge in [-0.3, -0.25) is 9.48 Å². The van der Waals surface area contributed by atoms with Crippen LogP contribution in [0.2, 0.25) is 0 Å². The third-order valence-electron chi connectivity index (χ3n) is 4.89. The lowest BCUT2D eigenvalue weighted by atomic mass is 9.93. The molecule has 0 fully saturated rings. The Hall–Kier alpha value is -3.40. The molecule has 6 nitrogen and oxygen atoms in total. The second-order valence-electron chi connectivity index (χ2n) is 6.87. The molecule has 0 N–H and O–H groups in total. The first-order valence-corrected chi connectivity index (χ1v) is 9.12. The molecule has 1 atom stereocenters. The number of aromatic nitrogens is 2. The molecule has 2 aliphatic rings. The van der Waals surface area contributed by atoms with E-state index >= 15 is 0 Å². The summed E-state index contributed by atoms with van der Waals surface area (Å²) in [6.45, 7) is 1.85. The van der Waals surface area contributed by atoms with Crippen LogP contribution in [-0.2, 0) is 24.5 Å². The molecule has 0 saturated heterocycles. The van der Waals surface area contributed by atoms with Crippen LogP contribution in [0.4, 0.5) is 4.39 Å². The molecule has 28 heavy (non-hydrogen) atoms. The van der Waals surface area contributed by atoms with Gasteiger partial charge in [0.25, 0.3) is 0 Å². The van der Waals surface area contributed by atoms with Crippen molar-refractivity contribution in [1.29, 1.82) is 5.26 Å². The highest BCUT2D eigenvalue weighted by molar-refractivity contribution is 5.81. The molecule has 0 spiro atoms. The molecule has 1 amide bonds. The van der Waals surface area contributed by atoms with Crippen LogP contribution in [-0.4, -0.2) is 27.1 Å². The molecule has 2 aromatic rings. The topological polar surface area (TPSA) is 71.2 Å². The summed E-state index contributed by atoms with van der Waals surface area (Å²) in [5.41, 5.74) is 2.22. The number of allylic oxidation sites excluding steroid dienone is 3. The van der Waals surface area contributed by atoms with Gasteiger partial charge >= 0.3 is 0 Å². The molecule has 0 bridgehead atoms. The summed E-state index contributed by atoms with van der Waals surface area (Å²) in [6.07, 6.45) is 2.72. The minimum Gasteiger partial charge on any atom is -0.472 e. The van der Waals surface area contributed by atoms with Crippen molar-refractivity contribution in [2.75, 3.05) is 6.54 Å². The second kappa shape index (κ2) is 7.69. The lowest BCUT2D eigenvalue weighted by Gasteiger charge is -2.30. The third-order valence-corrected chi connectivity index (χ3v) is 4.89. The zero-order valence-corrected chi connectivity index (χ0v) is 15.2. The summed E-state index contributed by atoms with van der Waals surface area (Å²) in [5.74, 6) is -0.815. The summed E-state index contributed by atoms with van der Waals surface area (Å²) in [7, 11) is 0. The van der Waals surface area contributed by atoms with Crippen molar-refractivity contribution in [2.45, 2.75) is 26.1 Å². The highest BCUT2D eigenvalue weighted by Gasteiger charge is 2.29. The number of nitrogens with zero attached hydrogens (tertiary/aromatic N) is 4. The van der Waals surface area contributed by atoms with Crippen molar-refractivity contribution in [3.05, 3.63) is 71.2 Å². The third kappa shape index (κ3) is 3.81. The van der Waals surface area contributed by atoms with E-state index in [2.05, 4.69) is 5.10 Å². The van der Waals surface area contributed by atoms with Gasteiger partial charge in [0.2, 0.25) is 11.8 Å². The lowest BCUT2D eigenvalue weighted by Crippen LogP contribution is -2.41. The van der Waals surface area contributed by atoms with Gasteiger partial charge in [-0.2, -0.15) is 5.26 Å². The Morgan fingerprint density at radius 2 is 2.14 bits per heavy atom. The van der Waals surface area contributed by atoms with E-state index in [1.54, 1.807) is 4.90 Å². The van der Waals surface area contributed by atoms with Gasteiger partial charge in [-0.25, -0.2) is 4.39 Å². The molecular formula is C21H19FN4O2. The molecule has 1 aromatic heterocycles. The minimum atomic E-state index is -0.636. The zero-order chi connectivity index (χ0) is 19.5. The molecule has 1 aliphatic heterocycles. The molecule has 1 aliphatic carbocycles. The van der Waals surface area contributed by atoms with Crippen LogP contribution < -0.4 is 4.74 Å². The van der Waals surface area contributed by atoms with Crippen molar-refractivity contribution in [2.24, 2.45) is 5.92 Å². The average molecular weight is 378 g/mol. The van der Waals surface area contributed by atoms with Gasteiger partial charge in [-0.05, 0) is 24.1 Å². The fourth-order valence-electron chi connectivity index (χ4n) is 3.46. The molecule has 7 heteroatoms. The number of rotatable bonds is 4. The number of carbonyl (C=O) groups excluding carboxylic acids is 1.